The van der Waals surface area contributed by atoms with Gasteiger partial charge in [-0.15, -0.1) is 0 Å². The smallest absolute Gasteiger partial charge is 0.240 e. The molecule has 1 saturated heterocycles. The van der Waals surface area contributed by atoms with Crippen LogP contribution in [0.3, 0.4) is 0 Å². The Labute approximate surface area is 225 Å². The summed E-state index contributed by atoms with van der Waals surface area (Å²) in [5.41, 5.74) is 2.61. The molecule has 39 heavy (non-hydrogen) atoms. The first kappa shape index (κ1) is 24.9. The number of aromatic amines is 1. The van der Waals surface area contributed by atoms with Crippen LogP contribution >= 0.6 is 0 Å². The molecule has 1 atom stereocenters. The number of pyridine rings is 1. The number of hydrogen-bond acceptors (Lipinski definition) is 7. The molecule has 6 rings (SSSR count). The van der Waals surface area contributed by atoms with E-state index >= 15 is 0 Å². The Balaban J connectivity index is 1.39. The van der Waals surface area contributed by atoms with Crippen LogP contribution in [-0.4, -0.2) is 59.5 Å². The van der Waals surface area contributed by atoms with E-state index in [-0.39, 0.29) is 22.4 Å². The third-order valence-corrected chi connectivity index (χ3v) is 8.87. The number of piperidine rings is 1. The topological polar surface area (TPSA) is 119 Å². The highest BCUT2D eigenvalue weighted by Gasteiger charge is 2.35. The lowest BCUT2D eigenvalue weighted by Crippen LogP contribution is -2.39. The highest BCUT2D eigenvalue weighted by molar-refractivity contribution is 7.91. The van der Waals surface area contributed by atoms with Crippen LogP contribution in [0.1, 0.15) is 24.4 Å². The lowest BCUT2D eigenvalue weighted by molar-refractivity contribution is -0.135. The molecule has 11 heteroatoms. The summed E-state index contributed by atoms with van der Waals surface area (Å²) in [6.45, 7) is 0.828. The van der Waals surface area contributed by atoms with Gasteiger partial charge in [0.25, 0.3) is 0 Å². The number of carbonyl (C=O) groups is 1. The van der Waals surface area contributed by atoms with Crippen LogP contribution in [-0.2, 0) is 21.2 Å². The predicted octanol–water partition coefficient (Wildman–Crippen LogP) is 4.13. The molecule has 10 nitrogen and oxygen atoms in total. The standard InChI is InChI=1S/C28H27N5O5S/c1-37-20-9-8-18(24(15-20)38-2)17-32-13-11-19(14-25(32)34)33-26-22-10-12-29-27(22)30-16-23(26)31-28(33)39(35,36)21-6-4-3-5-7-21/h3-10,12,15-16,19H,11,13-14,17H2,1-2H3,(H,29,30). The summed E-state index contributed by atoms with van der Waals surface area (Å²) in [6, 6.07) is 15.2. The van der Waals surface area contributed by atoms with Crippen molar-refractivity contribution >= 4 is 37.8 Å². The molecular weight excluding hydrogens is 518 g/mol. The Morgan fingerprint density at radius 3 is 2.64 bits per heavy atom. The van der Waals surface area contributed by atoms with Gasteiger partial charge >= 0.3 is 0 Å². The summed E-state index contributed by atoms with van der Waals surface area (Å²) in [7, 11) is -0.793. The largest absolute Gasteiger partial charge is 0.497 e. The third kappa shape index (κ3) is 4.28. The number of rotatable bonds is 7. The molecule has 5 aromatic rings. The Hall–Kier alpha value is -4.38. The number of benzene rings is 2. The first-order chi connectivity index (χ1) is 18.9. The zero-order chi connectivity index (χ0) is 27.1. The number of nitrogens with zero attached hydrogens (tertiary/aromatic N) is 4. The minimum absolute atomic E-state index is 0.0756. The summed E-state index contributed by atoms with van der Waals surface area (Å²) >= 11 is 0. The molecule has 0 saturated carbocycles. The maximum Gasteiger partial charge on any atom is 0.240 e. The fraction of sp³-hybridized carbons (Fsp3) is 0.250. The minimum atomic E-state index is -3.97. The number of hydrogen-bond donors (Lipinski definition) is 1. The van der Waals surface area contributed by atoms with E-state index in [9.17, 15) is 13.2 Å². The van der Waals surface area contributed by atoms with Crippen LogP contribution in [0, 0.1) is 0 Å². The molecular formula is C28H27N5O5S. The SMILES string of the molecule is COc1ccc(CN2CCC(n3c(S(=O)(=O)c4ccccc4)nc4cnc5[nH]ccc5c43)CC2=O)c(OC)c1. The van der Waals surface area contributed by atoms with E-state index in [0.29, 0.717) is 47.7 Å². The summed E-state index contributed by atoms with van der Waals surface area (Å²) in [5.74, 6) is 1.24. The Morgan fingerprint density at radius 1 is 1.08 bits per heavy atom. The van der Waals surface area contributed by atoms with Crippen molar-refractivity contribution in [1.82, 2.24) is 24.4 Å². The third-order valence-electron chi connectivity index (χ3n) is 7.21. The molecule has 3 aromatic heterocycles. The van der Waals surface area contributed by atoms with E-state index in [2.05, 4.69) is 15.0 Å². The van der Waals surface area contributed by atoms with Gasteiger partial charge in [0.2, 0.25) is 20.9 Å². The van der Waals surface area contributed by atoms with Crippen molar-refractivity contribution in [2.75, 3.05) is 20.8 Å². The Morgan fingerprint density at radius 2 is 1.90 bits per heavy atom. The molecule has 1 fully saturated rings. The minimum Gasteiger partial charge on any atom is -0.497 e. The number of imidazole rings is 1. The number of fused-ring (bicyclic) bond motifs is 3. The fourth-order valence-corrected chi connectivity index (χ4v) is 6.69. The number of nitrogens with one attached hydrogen (secondary N) is 1. The predicted molar refractivity (Wildman–Crippen MR) is 145 cm³/mol. The Bertz CT molecular complexity index is 1800. The van der Waals surface area contributed by atoms with Gasteiger partial charge in [-0.05, 0) is 36.8 Å². The van der Waals surface area contributed by atoms with Crippen molar-refractivity contribution in [2.24, 2.45) is 0 Å². The van der Waals surface area contributed by atoms with Crippen LogP contribution in [0.5, 0.6) is 11.5 Å². The number of methoxy groups -OCH3 is 2. The summed E-state index contributed by atoms with van der Waals surface area (Å²) in [5, 5.41) is 0.676. The molecule has 1 unspecified atom stereocenters. The molecule has 0 radical (unpaired) electrons. The van der Waals surface area contributed by atoms with Gasteiger partial charge in [-0.1, -0.05) is 18.2 Å². The number of carbonyl (C=O) groups excluding carboxylic acids is 1. The molecule has 1 N–H and O–H groups in total. The van der Waals surface area contributed by atoms with Gasteiger partial charge in [0.1, 0.15) is 22.7 Å². The number of likely N-dealkylation sites (tertiary alicyclic amines) is 1. The van der Waals surface area contributed by atoms with Crippen molar-refractivity contribution in [3.05, 3.63) is 72.6 Å². The average molecular weight is 546 g/mol. The normalized spacial score (nSPS) is 16.2. The van der Waals surface area contributed by atoms with Crippen molar-refractivity contribution < 1.29 is 22.7 Å². The van der Waals surface area contributed by atoms with Crippen LogP contribution < -0.4 is 9.47 Å². The molecule has 4 heterocycles. The molecule has 0 aliphatic carbocycles. The van der Waals surface area contributed by atoms with Gasteiger partial charge in [0.15, 0.2) is 0 Å². The number of ether oxygens (including phenoxy) is 2. The first-order valence-electron chi connectivity index (χ1n) is 12.5. The molecule has 1 aliphatic rings. The molecule has 2 aromatic carbocycles. The van der Waals surface area contributed by atoms with E-state index in [1.807, 2.05) is 18.2 Å². The van der Waals surface area contributed by atoms with Crippen LogP contribution in [0.2, 0.25) is 0 Å². The number of H-pyrrole nitrogens is 1. The first-order valence-corrected chi connectivity index (χ1v) is 14.0. The second kappa shape index (κ2) is 9.73. The molecule has 1 aliphatic heterocycles. The maximum absolute atomic E-state index is 13.8. The quantitative estimate of drug-likeness (QED) is 0.327. The summed E-state index contributed by atoms with van der Waals surface area (Å²) < 4.78 is 40.2. The van der Waals surface area contributed by atoms with Gasteiger partial charge in [-0.2, -0.15) is 0 Å². The summed E-state index contributed by atoms with van der Waals surface area (Å²) in [4.78, 5) is 27.4. The van der Waals surface area contributed by atoms with Crippen LogP contribution in [0.4, 0.5) is 0 Å². The molecule has 0 spiro atoms. The van der Waals surface area contributed by atoms with Crippen molar-refractivity contribution in [2.45, 2.75) is 35.5 Å². The van der Waals surface area contributed by atoms with Crippen LogP contribution in [0.25, 0.3) is 22.1 Å². The number of aromatic nitrogens is 4. The van der Waals surface area contributed by atoms with Crippen molar-refractivity contribution in [1.29, 1.82) is 0 Å². The highest BCUT2D eigenvalue weighted by Crippen LogP contribution is 2.36. The number of sulfone groups is 1. The monoisotopic (exact) mass is 545 g/mol. The second-order valence-corrected chi connectivity index (χ2v) is 11.3. The fourth-order valence-electron chi connectivity index (χ4n) is 5.24. The molecule has 200 valence electrons. The van der Waals surface area contributed by atoms with E-state index in [4.69, 9.17) is 9.47 Å². The Kier molecular flexibility index (Phi) is 6.22. The van der Waals surface area contributed by atoms with E-state index in [1.165, 1.54) is 0 Å². The van der Waals surface area contributed by atoms with Crippen molar-refractivity contribution in [3.8, 4) is 11.5 Å². The van der Waals surface area contributed by atoms with Gasteiger partial charge in [-0.3, -0.25) is 4.79 Å². The lowest BCUT2D eigenvalue weighted by atomic mass is 10.0. The number of amides is 1. The van der Waals surface area contributed by atoms with Gasteiger partial charge in [0.05, 0.1) is 30.8 Å². The average Bonchev–Trinajstić information content (AvgIpc) is 3.60. The van der Waals surface area contributed by atoms with E-state index < -0.39 is 15.9 Å². The van der Waals surface area contributed by atoms with Gasteiger partial charge in [-0.25, -0.2) is 18.4 Å². The van der Waals surface area contributed by atoms with E-state index in [1.54, 1.807) is 72.5 Å². The summed E-state index contributed by atoms with van der Waals surface area (Å²) in [6.07, 6.45) is 4.02. The van der Waals surface area contributed by atoms with Crippen LogP contribution in [0.15, 0.2) is 77.0 Å². The molecule has 1 amide bonds. The van der Waals surface area contributed by atoms with Crippen molar-refractivity contribution in [3.63, 3.8) is 0 Å². The molecule has 0 bridgehead atoms. The maximum atomic E-state index is 13.8. The zero-order valence-electron chi connectivity index (χ0n) is 21.5. The zero-order valence-corrected chi connectivity index (χ0v) is 22.3. The second-order valence-electron chi connectivity index (χ2n) is 9.45. The van der Waals surface area contributed by atoms with E-state index in [0.717, 1.165) is 10.9 Å². The van der Waals surface area contributed by atoms with Gasteiger partial charge < -0.3 is 23.9 Å². The van der Waals surface area contributed by atoms with Gasteiger partial charge in [0, 0.05) is 48.8 Å². The highest BCUT2D eigenvalue weighted by atomic mass is 32.2. The lowest BCUT2D eigenvalue weighted by Gasteiger charge is -2.33.